The first-order chi connectivity index (χ1) is 8.63. The molecule has 1 heterocycles. The first-order valence-corrected chi connectivity index (χ1v) is 5.42. The van der Waals surface area contributed by atoms with E-state index in [1.54, 1.807) is 31.2 Å². The molecule has 4 heteroatoms. The van der Waals surface area contributed by atoms with E-state index in [-0.39, 0.29) is 11.3 Å². The number of hydrogen-bond acceptors (Lipinski definition) is 4. The lowest BCUT2D eigenvalue weighted by Gasteiger charge is -2.07. The fourth-order valence-electron chi connectivity index (χ4n) is 1.70. The molecular formula is C14H12O4. The van der Waals surface area contributed by atoms with Gasteiger partial charge in [-0.2, -0.15) is 0 Å². The van der Waals surface area contributed by atoms with Gasteiger partial charge in [-0.05, 0) is 6.92 Å². The molecule has 0 aliphatic rings. The molecule has 0 fully saturated rings. The van der Waals surface area contributed by atoms with E-state index in [9.17, 15) is 9.59 Å². The van der Waals surface area contributed by atoms with E-state index < -0.39 is 11.4 Å². The molecule has 18 heavy (non-hydrogen) atoms. The number of methoxy groups -OCH3 is 1. The number of carbonyl (C=O) groups is 1. The molecule has 0 N–H and O–H groups in total. The Bertz CT molecular complexity index is 626. The average molecular weight is 244 g/mol. The summed E-state index contributed by atoms with van der Waals surface area (Å²) in [4.78, 5) is 23.5. The van der Waals surface area contributed by atoms with Gasteiger partial charge < -0.3 is 9.15 Å². The molecule has 0 aliphatic carbocycles. The van der Waals surface area contributed by atoms with Gasteiger partial charge in [0.05, 0.1) is 7.11 Å². The zero-order chi connectivity index (χ0) is 13.1. The van der Waals surface area contributed by atoms with Crippen molar-refractivity contribution in [3.63, 3.8) is 0 Å². The minimum absolute atomic E-state index is 0.0747. The van der Waals surface area contributed by atoms with Gasteiger partial charge in [-0.15, -0.1) is 0 Å². The van der Waals surface area contributed by atoms with E-state index in [4.69, 9.17) is 4.42 Å². The molecule has 0 saturated carbocycles. The highest BCUT2D eigenvalue weighted by atomic mass is 16.5. The summed E-state index contributed by atoms with van der Waals surface area (Å²) in [6.45, 7) is 1.66. The summed E-state index contributed by atoms with van der Waals surface area (Å²) < 4.78 is 10.1. The molecule has 1 aromatic heterocycles. The highest BCUT2D eigenvalue weighted by Gasteiger charge is 2.20. The third kappa shape index (κ3) is 2.18. The Morgan fingerprint density at radius 2 is 1.89 bits per heavy atom. The minimum Gasteiger partial charge on any atom is -0.465 e. The molecule has 0 bridgehead atoms. The Kier molecular flexibility index (Phi) is 3.28. The first-order valence-electron chi connectivity index (χ1n) is 5.42. The molecule has 0 atom stereocenters. The van der Waals surface area contributed by atoms with Crippen LogP contribution in [0.5, 0.6) is 0 Å². The Balaban J connectivity index is 2.73. The van der Waals surface area contributed by atoms with Crippen molar-refractivity contribution in [3.8, 4) is 11.3 Å². The van der Waals surface area contributed by atoms with Crippen LogP contribution in [0.25, 0.3) is 11.3 Å². The molecule has 0 saturated heterocycles. The van der Waals surface area contributed by atoms with Crippen LogP contribution in [0.3, 0.4) is 0 Å². The molecule has 92 valence electrons. The standard InChI is InChI=1S/C14H12O4/c1-9-8-11(15)12(14(16)17-2)13(18-9)10-6-4-3-5-7-10/h3-8H,1-2H3. The predicted molar refractivity (Wildman–Crippen MR) is 66.5 cm³/mol. The Labute approximate surface area is 104 Å². The monoisotopic (exact) mass is 244 g/mol. The first kappa shape index (κ1) is 12.1. The number of esters is 1. The van der Waals surface area contributed by atoms with E-state index in [1.165, 1.54) is 13.2 Å². The van der Waals surface area contributed by atoms with Crippen LogP contribution in [0, 0.1) is 6.92 Å². The van der Waals surface area contributed by atoms with E-state index in [2.05, 4.69) is 4.74 Å². The molecule has 4 nitrogen and oxygen atoms in total. The zero-order valence-electron chi connectivity index (χ0n) is 10.1. The summed E-state index contributed by atoms with van der Waals surface area (Å²) in [7, 11) is 1.23. The Morgan fingerprint density at radius 3 is 2.50 bits per heavy atom. The van der Waals surface area contributed by atoms with Crippen molar-refractivity contribution < 1.29 is 13.9 Å². The highest BCUT2D eigenvalue weighted by molar-refractivity contribution is 5.95. The van der Waals surface area contributed by atoms with E-state index >= 15 is 0 Å². The van der Waals surface area contributed by atoms with Crippen LogP contribution in [0.4, 0.5) is 0 Å². The maximum absolute atomic E-state index is 11.9. The van der Waals surface area contributed by atoms with Gasteiger partial charge in [0.1, 0.15) is 5.76 Å². The lowest BCUT2D eigenvalue weighted by molar-refractivity contribution is 0.0597. The van der Waals surface area contributed by atoms with Crippen LogP contribution in [-0.4, -0.2) is 13.1 Å². The van der Waals surface area contributed by atoms with Gasteiger partial charge >= 0.3 is 5.97 Å². The average Bonchev–Trinajstić information content (AvgIpc) is 2.38. The smallest absolute Gasteiger partial charge is 0.345 e. The second-order valence-electron chi connectivity index (χ2n) is 3.78. The lowest BCUT2D eigenvalue weighted by atomic mass is 10.1. The second kappa shape index (κ2) is 4.87. The van der Waals surface area contributed by atoms with Gasteiger partial charge in [-0.1, -0.05) is 30.3 Å². The maximum Gasteiger partial charge on any atom is 0.345 e. The molecule has 0 aliphatic heterocycles. The van der Waals surface area contributed by atoms with Crippen LogP contribution >= 0.6 is 0 Å². The largest absolute Gasteiger partial charge is 0.465 e. The van der Waals surface area contributed by atoms with Gasteiger partial charge in [0, 0.05) is 11.6 Å². The fraction of sp³-hybridized carbons (Fsp3) is 0.143. The molecule has 2 aromatic rings. The summed E-state index contributed by atoms with van der Waals surface area (Å²) in [6.07, 6.45) is 0. The van der Waals surface area contributed by atoms with Gasteiger partial charge in [-0.25, -0.2) is 4.79 Å². The number of aryl methyl sites for hydroxylation is 1. The van der Waals surface area contributed by atoms with Crippen molar-refractivity contribution in [2.45, 2.75) is 6.92 Å². The number of benzene rings is 1. The second-order valence-corrected chi connectivity index (χ2v) is 3.78. The molecule has 1 aromatic carbocycles. The SMILES string of the molecule is COC(=O)c1c(-c2ccccc2)oc(C)cc1=O. The third-order valence-corrected chi connectivity index (χ3v) is 2.50. The van der Waals surface area contributed by atoms with Crippen molar-refractivity contribution >= 4 is 5.97 Å². The number of carbonyl (C=O) groups excluding carboxylic acids is 1. The lowest BCUT2D eigenvalue weighted by Crippen LogP contribution is -2.17. The minimum atomic E-state index is -0.692. The summed E-state index contributed by atoms with van der Waals surface area (Å²) in [5, 5.41) is 0. The zero-order valence-corrected chi connectivity index (χ0v) is 10.1. The molecular weight excluding hydrogens is 232 g/mol. The van der Waals surface area contributed by atoms with Gasteiger partial charge in [0.2, 0.25) is 0 Å². The Morgan fingerprint density at radius 1 is 1.22 bits per heavy atom. The van der Waals surface area contributed by atoms with Crippen LogP contribution < -0.4 is 5.43 Å². The number of hydrogen-bond donors (Lipinski definition) is 0. The van der Waals surface area contributed by atoms with Crippen molar-refractivity contribution in [3.05, 3.63) is 57.9 Å². The van der Waals surface area contributed by atoms with Crippen molar-refractivity contribution in [2.75, 3.05) is 7.11 Å². The predicted octanol–water partition coefficient (Wildman–Crippen LogP) is 2.40. The molecule has 0 radical (unpaired) electrons. The van der Waals surface area contributed by atoms with E-state index in [0.717, 1.165) is 0 Å². The summed E-state index contributed by atoms with van der Waals surface area (Å²) >= 11 is 0. The van der Waals surface area contributed by atoms with Gasteiger partial charge in [-0.3, -0.25) is 4.79 Å². The van der Waals surface area contributed by atoms with Crippen molar-refractivity contribution in [1.82, 2.24) is 0 Å². The van der Waals surface area contributed by atoms with Crippen LogP contribution in [0.1, 0.15) is 16.1 Å². The highest BCUT2D eigenvalue weighted by Crippen LogP contribution is 2.22. The quantitative estimate of drug-likeness (QED) is 0.761. The van der Waals surface area contributed by atoms with E-state index in [1.807, 2.05) is 6.07 Å². The van der Waals surface area contributed by atoms with Crippen molar-refractivity contribution in [2.24, 2.45) is 0 Å². The van der Waals surface area contributed by atoms with Crippen molar-refractivity contribution in [1.29, 1.82) is 0 Å². The summed E-state index contributed by atoms with van der Waals surface area (Å²) in [5.74, 6) is 0.00144. The van der Waals surface area contributed by atoms with Crippen LogP contribution in [0.15, 0.2) is 45.6 Å². The van der Waals surface area contributed by atoms with Crippen LogP contribution in [0.2, 0.25) is 0 Å². The fourth-order valence-corrected chi connectivity index (χ4v) is 1.70. The van der Waals surface area contributed by atoms with E-state index in [0.29, 0.717) is 11.3 Å². The molecule has 0 spiro atoms. The number of ether oxygens (including phenoxy) is 1. The molecule has 0 unspecified atom stereocenters. The third-order valence-electron chi connectivity index (χ3n) is 2.50. The van der Waals surface area contributed by atoms with Crippen LogP contribution in [-0.2, 0) is 4.74 Å². The molecule has 2 rings (SSSR count). The number of rotatable bonds is 2. The van der Waals surface area contributed by atoms with Gasteiger partial charge in [0.15, 0.2) is 16.8 Å². The summed E-state index contributed by atoms with van der Waals surface area (Å²) in [6, 6.07) is 10.3. The van der Waals surface area contributed by atoms with Gasteiger partial charge in [0.25, 0.3) is 0 Å². The normalized spacial score (nSPS) is 10.1. The Hall–Kier alpha value is -2.36. The maximum atomic E-state index is 11.9. The topological polar surface area (TPSA) is 56.5 Å². The summed E-state index contributed by atoms with van der Waals surface area (Å²) in [5.41, 5.74) is 0.192. The molecule has 0 amide bonds.